The molecule has 0 unspecified atom stereocenters. The SMILES string of the molecule is COc1ccc(C2CCC2)cc1C1(C(=O)NS(=O)(=O)c2cccc3c2CCCN3)CC1. The Hall–Kier alpha value is -2.54. The maximum absolute atomic E-state index is 13.4. The van der Waals surface area contributed by atoms with Crippen LogP contribution in [0, 0.1) is 0 Å². The Balaban J connectivity index is 1.46. The minimum Gasteiger partial charge on any atom is -0.496 e. The van der Waals surface area contributed by atoms with Crippen LogP contribution in [0.4, 0.5) is 5.69 Å². The molecule has 0 atom stereocenters. The van der Waals surface area contributed by atoms with Crippen molar-refractivity contribution in [2.24, 2.45) is 0 Å². The van der Waals surface area contributed by atoms with Gasteiger partial charge >= 0.3 is 0 Å². The Morgan fingerprint density at radius 1 is 1.16 bits per heavy atom. The second-order valence-corrected chi connectivity index (χ2v) is 10.6. The predicted octanol–water partition coefficient (Wildman–Crippen LogP) is 3.86. The Morgan fingerprint density at radius 2 is 1.97 bits per heavy atom. The van der Waals surface area contributed by atoms with E-state index in [-0.39, 0.29) is 4.90 Å². The highest BCUT2D eigenvalue weighted by atomic mass is 32.2. The minimum atomic E-state index is -3.97. The van der Waals surface area contributed by atoms with Crippen molar-refractivity contribution in [3.63, 3.8) is 0 Å². The number of fused-ring (bicyclic) bond motifs is 1. The van der Waals surface area contributed by atoms with E-state index in [9.17, 15) is 13.2 Å². The summed E-state index contributed by atoms with van der Waals surface area (Å²) < 4.78 is 34.4. The Bertz CT molecular complexity index is 1130. The number of anilines is 1. The summed E-state index contributed by atoms with van der Waals surface area (Å²) in [5, 5.41) is 3.25. The van der Waals surface area contributed by atoms with Crippen molar-refractivity contribution in [3.8, 4) is 5.75 Å². The summed E-state index contributed by atoms with van der Waals surface area (Å²) in [7, 11) is -2.38. The van der Waals surface area contributed by atoms with E-state index in [2.05, 4.69) is 22.2 Å². The molecule has 2 saturated carbocycles. The number of hydrogen-bond acceptors (Lipinski definition) is 5. The number of nitrogens with one attached hydrogen (secondary N) is 2. The first kappa shape index (κ1) is 20.4. The van der Waals surface area contributed by atoms with Crippen molar-refractivity contribution < 1.29 is 17.9 Å². The first-order valence-electron chi connectivity index (χ1n) is 11.1. The molecular weight excluding hydrogens is 412 g/mol. The molecule has 2 N–H and O–H groups in total. The number of benzene rings is 2. The average Bonchev–Trinajstić information content (AvgIpc) is 3.54. The van der Waals surface area contributed by atoms with Crippen LogP contribution in [-0.4, -0.2) is 28.0 Å². The summed E-state index contributed by atoms with van der Waals surface area (Å²) in [4.78, 5) is 13.5. The molecule has 3 aliphatic rings. The summed E-state index contributed by atoms with van der Waals surface area (Å²) in [6, 6.07) is 11.2. The maximum Gasteiger partial charge on any atom is 0.264 e. The Kier molecular flexibility index (Phi) is 4.96. The number of hydrogen-bond donors (Lipinski definition) is 2. The Labute approximate surface area is 183 Å². The third-order valence-corrected chi connectivity index (χ3v) is 8.48. The molecule has 0 spiro atoms. The van der Waals surface area contributed by atoms with Gasteiger partial charge in [0.25, 0.3) is 10.0 Å². The molecule has 31 heavy (non-hydrogen) atoms. The lowest BCUT2D eigenvalue weighted by molar-refractivity contribution is -0.121. The molecule has 0 bridgehead atoms. The van der Waals surface area contributed by atoms with Crippen LogP contribution in [0.2, 0.25) is 0 Å². The standard InChI is InChI=1S/C24H28N2O4S/c1-30-21-11-10-17(16-5-2-6-16)15-19(21)24(12-13-24)23(27)26-31(28,29)22-9-3-8-20-18(22)7-4-14-25-20/h3,8-11,15-16,25H,2,4-7,12-14H2,1H3,(H,26,27). The second kappa shape index (κ2) is 7.55. The predicted molar refractivity (Wildman–Crippen MR) is 119 cm³/mol. The van der Waals surface area contributed by atoms with Gasteiger partial charge in [0, 0.05) is 17.8 Å². The normalized spacial score (nSPS) is 19.5. The number of ether oxygens (including phenoxy) is 1. The van der Waals surface area contributed by atoms with Crippen LogP contribution in [0.1, 0.15) is 61.1 Å². The third kappa shape index (κ3) is 3.49. The number of carbonyl (C=O) groups is 1. The van der Waals surface area contributed by atoms with E-state index in [1.165, 1.54) is 12.0 Å². The fourth-order valence-corrected chi connectivity index (χ4v) is 6.19. The van der Waals surface area contributed by atoms with Crippen molar-refractivity contribution in [1.82, 2.24) is 4.72 Å². The number of carbonyl (C=O) groups excluding carboxylic acids is 1. The highest BCUT2D eigenvalue weighted by molar-refractivity contribution is 7.90. The molecule has 0 aromatic heterocycles. The highest BCUT2D eigenvalue weighted by Gasteiger charge is 2.54. The first-order valence-corrected chi connectivity index (χ1v) is 12.5. The number of sulfonamides is 1. The molecule has 6 nitrogen and oxygen atoms in total. The molecule has 1 amide bonds. The smallest absolute Gasteiger partial charge is 0.264 e. The van der Waals surface area contributed by atoms with E-state index >= 15 is 0 Å². The van der Waals surface area contributed by atoms with Crippen molar-refractivity contribution in [2.75, 3.05) is 19.0 Å². The van der Waals surface area contributed by atoms with E-state index in [1.807, 2.05) is 12.1 Å². The van der Waals surface area contributed by atoms with Crippen LogP contribution in [0.5, 0.6) is 5.75 Å². The molecule has 7 heteroatoms. The zero-order valence-electron chi connectivity index (χ0n) is 17.7. The van der Waals surface area contributed by atoms with E-state index in [0.717, 1.165) is 42.6 Å². The minimum absolute atomic E-state index is 0.191. The van der Waals surface area contributed by atoms with Crippen LogP contribution >= 0.6 is 0 Å². The molecule has 2 aliphatic carbocycles. The molecule has 164 valence electrons. The van der Waals surface area contributed by atoms with Crippen molar-refractivity contribution >= 4 is 21.6 Å². The number of methoxy groups -OCH3 is 1. The van der Waals surface area contributed by atoms with Crippen LogP contribution in [0.15, 0.2) is 41.3 Å². The summed E-state index contributed by atoms with van der Waals surface area (Å²) in [6.07, 6.45) is 6.32. The van der Waals surface area contributed by atoms with Crippen LogP contribution in [-0.2, 0) is 26.7 Å². The summed E-state index contributed by atoms with van der Waals surface area (Å²) in [5.74, 6) is 0.711. The quantitative estimate of drug-likeness (QED) is 0.713. The van der Waals surface area contributed by atoms with Crippen molar-refractivity contribution in [3.05, 3.63) is 53.1 Å². The van der Waals surface area contributed by atoms with Crippen molar-refractivity contribution in [2.45, 2.75) is 61.2 Å². The van der Waals surface area contributed by atoms with E-state index in [4.69, 9.17) is 4.74 Å². The Morgan fingerprint density at radius 3 is 2.65 bits per heavy atom. The lowest BCUT2D eigenvalue weighted by Crippen LogP contribution is -2.39. The summed E-state index contributed by atoms with van der Waals surface area (Å²) >= 11 is 0. The van der Waals surface area contributed by atoms with Gasteiger partial charge in [0.15, 0.2) is 0 Å². The number of rotatable bonds is 6. The van der Waals surface area contributed by atoms with Gasteiger partial charge in [-0.1, -0.05) is 24.6 Å². The molecule has 2 fully saturated rings. The summed E-state index contributed by atoms with van der Waals surface area (Å²) in [5.41, 5.74) is 2.77. The maximum atomic E-state index is 13.4. The van der Waals surface area contributed by atoms with Gasteiger partial charge < -0.3 is 10.1 Å². The fourth-order valence-electron chi connectivity index (χ4n) is 4.84. The topological polar surface area (TPSA) is 84.5 Å². The zero-order valence-corrected chi connectivity index (χ0v) is 18.6. The van der Waals surface area contributed by atoms with Gasteiger partial charge in [0.2, 0.25) is 5.91 Å². The molecule has 0 radical (unpaired) electrons. The highest BCUT2D eigenvalue weighted by Crippen LogP contribution is 2.53. The van der Waals surface area contributed by atoms with Crippen molar-refractivity contribution in [1.29, 1.82) is 0 Å². The van der Waals surface area contributed by atoms with Crippen LogP contribution in [0.25, 0.3) is 0 Å². The molecule has 2 aromatic rings. The zero-order chi connectivity index (χ0) is 21.6. The molecule has 1 heterocycles. The van der Waals surface area contributed by atoms with E-state index < -0.39 is 21.3 Å². The van der Waals surface area contributed by atoms with Gasteiger partial charge in [0.05, 0.1) is 17.4 Å². The van der Waals surface area contributed by atoms with Gasteiger partial charge in [-0.2, -0.15) is 0 Å². The van der Waals surface area contributed by atoms with E-state index in [0.29, 0.717) is 30.9 Å². The molecular formula is C24H28N2O4S. The fraction of sp³-hybridized carbons (Fsp3) is 0.458. The largest absolute Gasteiger partial charge is 0.496 e. The van der Waals surface area contributed by atoms with Crippen LogP contribution in [0.3, 0.4) is 0 Å². The monoisotopic (exact) mass is 440 g/mol. The molecule has 1 aliphatic heterocycles. The van der Waals surface area contributed by atoms with Gasteiger partial charge in [-0.25, -0.2) is 13.1 Å². The van der Waals surface area contributed by atoms with Gasteiger partial charge in [-0.3, -0.25) is 4.79 Å². The van der Waals surface area contributed by atoms with Gasteiger partial charge in [-0.05, 0) is 73.8 Å². The van der Waals surface area contributed by atoms with E-state index in [1.54, 1.807) is 19.2 Å². The lowest BCUT2D eigenvalue weighted by Gasteiger charge is -2.28. The molecule has 2 aromatic carbocycles. The first-order chi connectivity index (χ1) is 14.9. The summed E-state index contributed by atoms with van der Waals surface area (Å²) in [6.45, 7) is 0.823. The molecule has 0 saturated heterocycles. The molecule has 5 rings (SSSR count). The number of amides is 1. The van der Waals surface area contributed by atoms with Gasteiger partial charge in [-0.15, -0.1) is 0 Å². The average molecular weight is 441 g/mol. The second-order valence-electron chi connectivity index (χ2n) is 8.92. The third-order valence-electron chi connectivity index (χ3n) is 7.07. The van der Waals surface area contributed by atoms with Crippen LogP contribution < -0.4 is 14.8 Å². The lowest BCUT2D eigenvalue weighted by atomic mass is 9.78. The van der Waals surface area contributed by atoms with Gasteiger partial charge in [0.1, 0.15) is 5.75 Å².